The van der Waals surface area contributed by atoms with Crippen molar-refractivity contribution in [1.82, 2.24) is 10.0 Å². The van der Waals surface area contributed by atoms with Crippen LogP contribution in [-0.2, 0) is 12.8 Å². The molecule has 186 valence electrons. The maximum absolute atomic E-state index is 12.5. The number of hydrogen-bond acceptors (Lipinski definition) is 7. The molecule has 4 rings (SSSR count). The number of thioether (sulfide) groups is 1. The standard InChI is InChI=1S/C27H26N2O4S3/c1-19-2-3-21(16-22(19)5-4-20-10-14-34-18-20)17-23(30)8-11-28-13-15-35-27(33)29(28)12-9-24-6-7-25(36-24)26(31)32/h2-3,6-7,10,13-16,18,23,30H,8-9,11-12,17H2,1H3,(H,31,32). The highest BCUT2D eigenvalue weighted by Crippen LogP contribution is 2.23. The van der Waals surface area contributed by atoms with Crippen LogP contribution in [0.3, 0.4) is 0 Å². The van der Waals surface area contributed by atoms with Crippen molar-refractivity contribution in [3.8, 4) is 11.8 Å². The lowest BCUT2D eigenvalue weighted by atomic mass is 10.00. The SMILES string of the molecule is Cc1ccc(CC(O)CCN2C=CSC(=O)N2CCc2ccc(C(=O)O)s2)cc1C#Cc1ccsc1. The maximum atomic E-state index is 12.5. The van der Waals surface area contributed by atoms with Crippen molar-refractivity contribution in [2.45, 2.75) is 32.3 Å². The largest absolute Gasteiger partial charge is 0.477 e. The van der Waals surface area contributed by atoms with Crippen molar-refractivity contribution < 1.29 is 19.8 Å². The van der Waals surface area contributed by atoms with Gasteiger partial charge in [-0.1, -0.05) is 24.0 Å². The summed E-state index contributed by atoms with van der Waals surface area (Å²) >= 11 is 3.96. The number of carboxylic acids is 1. The van der Waals surface area contributed by atoms with Gasteiger partial charge in [0.15, 0.2) is 0 Å². The molecular formula is C27H26N2O4S3. The highest BCUT2D eigenvalue weighted by Gasteiger charge is 2.23. The van der Waals surface area contributed by atoms with Crippen LogP contribution in [0.5, 0.6) is 0 Å². The second-order valence-corrected chi connectivity index (χ2v) is 11.1. The van der Waals surface area contributed by atoms with Gasteiger partial charge in [-0.3, -0.25) is 9.80 Å². The van der Waals surface area contributed by atoms with Crippen LogP contribution in [0.25, 0.3) is 0 Å². The lowest BCUT2D eigenvalue weighted by Gasteiger charge is -2.36. The van der Waals surface area contributed by atoms with Crippen LogP contribution >= 0.6 is 34.4 Å². The van der Waals surface area contributed by atoms with E-state index in [1.807, 2.05) is 53.2 Å². The summed E-state index contributed by atoms with van der Waals surface area (Å²) in [7, 11) is 0. The van der Waals surface area contributed by atoms with Gasteiger partial charge in [0, 0.05) is 47.1 Å². The van der Waals surface area contributed by atoms with Crippen LogP contribution in [0, 0.1) is 18.8 Å². The van der Waals surface area contributed by atoms with Gasteiger partial charge in [0.2, 0.25) is 0 Å². The molecule has 1 aliphatic heterocycles. The molecule has 1 amide bonds. The number of aliphatic hydroxyl groups is 1. The van der Waals surface area contributed by atoms with Gasteiger partial charge in [-0.05, 0) is 77.7 Å². The number of benzene rings is 1. The number of carboxylic acid groups (broad SMARTS) is 1. The zero-order chi connectivity index (χ0) is 25.5. The predicted octanol–water partition coefficient (Wildman–Crippen LogP) is 5.61. The van der Waals surface area contributed by atoms with Crippen LogP contribution in [0.15, 0.2) is 58.8 Å². The average Bonchev–Trinajstić information content (AvgIpc) is 3.55. The number of carbonyl (C=O) groups is 2. The van der Waals surface area contributed by atoms with Crippen LogP contribution in [0.2, 0.25) is 0 Å². The Hall–Kier alpha value is -3.03. The molecule has 0 fully saturated rings. The molecule has 0 bridgehead atoms. The number of hydrazine groups is 1. The van der Waals surface area contributed by atoms with E-state index in [-0.39, 0.29) is 5.24 Å². The van der Waals surface area contributed by atoms with Gasteiger partial charge in [0.25, 0.3) is 0 Å². The minimum absolute atomic E-state index is 0.0885. The molecule has 0 saturated heterocycles. The third kappa shape index (κ3) is 7.02. The topological polar surface area (TPSA) is 81.1 Å². The first-order chi connectivity index (χ1) is 17.4. The van der Waals surface area contributed by atoms with E-state index >= 15 is 0 Å². The second kappa shape index (κ2) is 12.3. The number of thiophene rings is 2. The summed E-state index contributed by atoms with van der Waals surface area (Å²) in [5, 5.41) is 29.0. The number of rotatable bonds is 9. The monoisotopic (exact) mass is 538 g/mol. The summed E-state index contributed by atoms with van der Waals surface area (Å²) < 4.78 is 0. The summed E-state index contributed by atoms with van der Waals surface area (Å²) in [4.78, 5) is 24.8. The Bertz CT molecular complexity index is 1300. The molecule has 0 aliphatic carbocycles. The number of amides is 1. The zero-order valence-electron chi connectivity index (χ0n) is 19.7. The third-order valence-corrected chi connectivity index (χ3v) is 8.18. The Morgan fingerprint density at radius 3 is 2.75 bits per heavy atom. The van der Waals surface area contributed by atoms with Crippen LogP contribution in [-0.4, -0.2) is 50.6 Å². The molecule has 2 aromatic heterocycles. The van der Waals surface area contributed by atoms with E-state index < -0.39 is 12.1 Å². The highest BCUT2D eigenvalue weighted by molar-refractivity contribution is 8.16. The van der Waals surface area contributed by atoms with E-state index in [4.69, 9.17) is 5.11 Å². The van der Waals surface area contributed by atoms with Gasteiger partial charge < -0.3 is 10.2 Å². The summed E-state index contributed by atoms with van der Waals surface area (Å²) in [6.07, 6.45) is 2.84. The molecule has 0 spiro atoms. The first-order valence-electron chi connectivity index (χ1n) is 11.4. The molecule has 1 unspecified atom stereocenters. The molecular weight excluding hydrogens is 513 g/mol. The molecule has 9 heteroatoms. The molecule has 0 radical (unpaired) electrons. The minimum atomic E-state index is -0.940. The van der Waals surface area contributed by atoms with E-state index in [0.29, 0.717) is 37.2 Å². The Balaban J connectivity index is 1.33. The van der Waals surface area contributed by atoms with Gasteiger partial charge >= 0.3 is 11.2 Å². The summed E-state index contributed by atoms with van der Waals surface area (Å²) in [6, 6.07) is 11.5. The molecule has 3 aromatic rings. The van der Waals surface area contributed by atoms with Gasteiger partial charge in [-0.15, -0.1) is 11.3 Å². The average molecular weight is 539 g/mol. The van der Waals surface area contributed by atoms with E-state index in [9.17, 15) is 14.7 Å². The molecule has 6 nitrogen and oxygen atoms in total. The Kier molecular flexibility index (Phi) is 8.88. The number of hydrogen-bond donors (Lipinski definition) is 2. The fourth-order valence-electron chi connectivity index (χ4n) is 3.72. The number of aryl methyl sites for hydroxylation is 1. The quantitative estimate of drug-likeness (QED) is 0.345. The van der Waals surface area contributed by atoms with Gasteiger partial charge in [-0.2, -0.15) is 11.3 Å². The second-order valence-electron chi connectivity index (χ2n) is 8.33. The third-order valence-electron chi connectivity index (χ3n) is 5.69. The van der Waals surface area contributed by atoms with Crippen molar-refractivity contribution in [3.05, 3.63) is 90.8 Å². The van der Waals surface area contributed by atoms with Crippen molar-refractivity contribution in [2.24, 2.45) is 0 Å². The van der Waals surface area contributed by atoms with Crippen LogP contribution in [0.1, 0.15) is 43.2 Å². The Labute approximate surface area is 222 Å². The van der Waals surface area contributed by atoms with E-state index in [1.54, 1.807) is 33.9 Å². The number of nitrogens with zero attached hydrogens (tertiary/aromatic N) is 2. The molecule has 3 heterocycles. The maximum Gasteiger partial charge on any atom is 0.345 e. The van der Waals surface area contributed by atoms with Crippen molar-refractivity contribution >= 4 is 45.6 Å². The van der Waals surface area contributed by atoms with E-state index in [2.05, 4.69) is 11.8 Å². The van der Waals surface area contributed by atoms with Crippen LogP contribution < -0.4 is 0 Å². The Morgan fingerprint density at radius 1 is 1.14 bits per heavy atom. The molecule has 0 saturated carbocycles. The fraction of sp³-hybridized carbons (Fsp3) is 0.259. The lowest BCUT2D eigenvalue weighted by molar-refractivity contribution is 0.0548. The summed E-state index contributed by atoms with van der Waals surface area (Å²) in [5.74, 6) is 5.48. The van der Waals surface area contributed by atoms with Crippen molar-refractivity contribution in [1.29, 1.82) is 0 Å². The number of aliphatic hydroxyl groups excluding tert-OH is 1. The van der Waals surface area contributed by atoms with Crippen molar-refractivity contribution in [2.75, 3.05) is 13.1 Å². The molecule has 1 aliphatic rings. The normalized spacial score (nSPS) is 14.0. The smallest absolute Gasteiger partial charge is 0.345 e. The first-order valence-corrected chi connectivity index (χ1v) is 14.1. The van der Waals surface area contributed by atoms with Gasteiger partial charge in [0.05, 0.1) is 6.10 Å². The molecule has 36 heavy (non-hydrogen) atoms. The number of aromatic carboxylic acids is 1. The Morgan fingerprint density at radius 2 is 2.00 bits per heavy atom. The number of carbonyl (C=O) groups excluding carboxylic acids is 1. The van der Waals surface area contributed by atoms with E-state index in [1.165, 1.54) is 11.3 Å². The minimum Gasteiger partial charge on any atom is -0.477 e. The zero-order valence-corrected chi connectivity index (χ0v) is 22.2. The fourth-order valence-corrected chi connectivity index (χ4v) is 5.78. The summed E-state index contributed by atoms with van der Waals surface area (Å²) in [5.41, 5.74) is 4.08. The molecule has 2 N–H and O–H groups in total. The molecule has 1 atom stereocenters. The predicted molar refractivity (Wildman–Crippen MR) is 146 cm³/mol. The van der Waals surface area contributed by atoms with Gasteiger partial charge in [-0.25, -0.2) is 9.80 Å². The van der Waals surface area contributed by atoms with Crippen molar-refractivity contribution in [3.63, 3.8) is 0 Å². The van der Waals surface area contributed by atoms with Gasteiger partial charge in [0.1, 0.15) is 4.88 Å². The van der Waals surface area contributed by atoms with Crippen LogP contribution in [0.4, 0.5) is 4.79 Å². The molecule has 1 aromatic carbocycles. The summed E-state index contributed by atoms with van der Waals surface area (Å²) in [6.45, 7) is 2.96. The highest BCUT2D eigenvalue weighted by atomic mass is 32.2. The first kappa shape index (κ1) is 26.0. The van der Waals surface area contributed by atoms with E-state index in [0.717, 1.165) is 38.9 Å². The lowest BCUT2D eigenvalue weighted by Crippen LogP contribution is -2.45.